The zero-order chi connectivity index (χ0) is 30.2. The number of phenols is 1. The molecule has 0 radical (unpaired) electrons. The molecule has 216 valence electrons. The van der Waals surface area contributed by atoms with Gasteiger partial charge in [-0.2, -0.15) is 0 Å². The number of carbonyl (C=O) groups is 4. The fourth-order valence-corrected chi connectivity index (χ4v) is 8.69. The number of hydrogen-bond donors (Lipinski definition) is 2. The predicted molar refractivity (Wildman–Crippen MR) is 165 cm³/mol. The van der Waals surface area contributed by atoms with Crippen LogP contribution in [0.15, 0.2) is 115 Å². The van der Waals surface area contributed by atoms with E-state index in [4.69, 9.17) is 0 Å². The largest absolute Gasteiger partial charge is 0.507 e. The molecule has 2 fully saturated rings. The Hall–Kier alpha value is -5.10. The fraction of sp³-hybridized carbons (Fsp3) is 0.211. The van der Waals surface area contributed by atoms with Crippen molar-refractivity contribution in [1.29, 1.82) is 0 Å². The van der Waals surface area contributed by atoms with Crippen LogP contribution in [0.25, 0.3) is 16.3 Å². The molecule has 3 aliphatic carbocycles. The molecule has 4 aromatic carbocycles. The Morgan fingerprint density at radius 2 is 1.41 bits per heavy atom. The lowest BCUT2D eigenvalue weighted by molar-refractivity contribution is -0.135. The maximum Gasteiger partial charge on any atom is 0.231 e. The molecular formula is C38H29NO5. The Morgan fingerprint density at radius 1 is 0.727 bits per heavy atom. The Labute approximate surface area is 254 Å². The van der Waals surface area contributed by atoms with Gasteiger partial charge < -0.3 is 5.11 Å². The summed E-state index contributed by atoms with van der Waals surface area (Å²) in [5, 5.41) is 14.8. The minimum atomic E-state index is -1.30. The van der Waals surface area contributed by atoms with Crippen molar-refractivity contribution >= 4 is 39.7 Å². The zero-order valence-electron chi connectivity index (χ0n) is 23.8. The molecule has 2 N–H and O–H groups in total. The van der Waals surface area contributed by atoms with Gasteiger partial charge in [-0.15, -0.1) is 0 Å². The second-order valence-corrected chi connectivity index (χ2v) is 12.4. The van der Waals surface area contributed by atoms with Gasteiger partial charge in [-0.05, 0) is 53.0 Å². The Morgan fingerprint density at radius 3 is 2.16 bits per heavy atom. The predicted octanol–water partition coefficient (Wildman–Crippen LogP) is 5.66. The number of benzene rings is 4. The number of fused-ring (bicyclic) bond motifs is 5. The van der Waals surface area contributed by atoms with E-state index in [1.54, 1.807) is 6.07 Å². The van der Waals surface area contributed by atoms with Crippen LogP contribution in [0.3, 0.4) is 0 Å². The summed E-state index contributed by atoms with van der Waals surface area (Å²) in [6, 6.07) is 29.8. The van der Waals surface area contributed by atoms with E-state index in [0.717, 1.165) is 22.1 Å². The summed E-state index contributed by atoms with van der Waals surface area (Å²) in [6.07, 6.45) is 4.22. The summed E-state index contributed by atoms with van der Waals surface area (Å²) in [4.78, 5) is 56.1. The molecule has 0 aromatic heterocycles. The number of hydrogen-bond acceptors (Lipinski definition) is 5. The Kier molecular flexibility index (Phi) is 5.85. The molecule has 44 heavy (non-hydrogen) atoms. The van der Waals surface area contributed by atoms with E-state index in [1.165, 1.54) is 6.08 Å². The number of allylic oxidation sites excluding steroid dienone is 4. The number of rotatable bonds is 3. The van der Waals surface area contributed by atoms with E-state index < -0.39 is 35.0 Å². The normalized spacial score (nSPS) is 29.3. The number of Topliss-reactive ketones (excluding diaryl/α,β-unsaturated/α-hetero) is 1. The number of nitrogens with one attached hydrogen (secondary N) is 1. The smallest absolute Gasteiger partial charge is 0.231 e. The second kappa shape index (κ2) is 9.71. The molecule has 0 spiro atoms. The van der Waals surface area contributed by atoms with Crippen molar-refractivity contribution in [2.45, 2.75) is 24.2 Å². The van der Waals surface area contributed by atoms with Crippen molar-refractivity contribution in [1.82, 2.24) is 5.32 Å². The van der Waals surface area contributed by atoms with Crippen LogP contribution in [0.5, 0.6) is 5.75 Å². The topological polar surface area (TPSA) is 101 Å². The van der Waals surface area contributed by atoms with Crippen LogP contribution in [0.1, 0.15) is 35.4 Å². The standard InChI is InChI=1S/C38H29NO5/c40-31-18-17-25(23-13-7-8-14-24(23)31)34-26-15-16-27-33(37(44)39-36(27)43)29(26)19-30-35(42)28(21-9-3-1-4-10-21)20-32(41)38(30,34)22-11-5-2-6-12-22/h1-15,17-18,20,27,29-30,33-34,40H,16,19H2,(H,39,43,44)/t27-,29+,30-,33-,34-,38-/m0/s1. The summed E-state index contributed by atoms with van der Waals surface area (Å²) < 4.78 is 0. The SMILES string of the molecule is O=C1NC(=O)[C@H]2CC=C3[C@@H](C[C@H]4C(=O)C(c5ccccc5)=CC(=O)[C@@]4(c4ccccc4)[C@H]3c3ccc(O)c4ccccc34)[C@@H]12. The summed E-state index contributed by atoms with van der Waals surface area (Å²) in [5.74, 6) is -3.71. The Balaban J connectivity index is 1.47. The van der Waals surface area contributed by atoms with Gasteiger partial charge in [0.15, 0.2) is 11.6 Å². The molecule has 0 unspecified atom stereocenters. The van der Waals surface area contributed by atoms with Crippen LogP contribution in [-0.2, 0) is 24.6 Å². The van der Waals surface area contributed by atoms with Crippen molar-refractivity contribution in [2.75, 3.05) is 0 Å². The van der Waals surface area contributed by atoms with E-state index in [0.29, 0.717) is 22.9 Å². The quantitative estimate of drug-likeness (QED) is 0.241. The highest BCUT2D eigenvalue weighted by Gasteiger charge is 2.65. The molecule has 6 atom stereocenters. The average Bonchev–Trinajstić information content (AvgIpc) is 3.36. The molecule has 1 saturated heterocycles. The highest BCUT2D eigenvalue weighted by Crippen LogP contribution is 2.63. The maximum atomic E-state index is 15.0. The number of phenolic OH excluding ortho intramolecular Hbond substituents is 1. The van der Waals surface area contributed by atoms with Gasteiger partial charge in [0.1, 0.15) is 5.75 Å². The van der Waals surface area contributed by atoms with Crippen LogP contribution < -0.4 is 5.32 Å². The van der Waals surface area contributed by atoms with Crippen molar-refractivity contribution in [3.63, 3.8) is 0 Å². The lowest BCUT2D eigenvalue weighted by Crippen LogP contribution is -2.58. The average molecular weight is 580 g/mol. The van der Waals surface area contributed by atoms with Gasteiger partial charge in [0.25, 0.3) is 0 Å². The minimum Gasteiger partial charge on any atom is -0.507 e. The molecule has 0 bridgehead atoms. The summed E-state index contributed by atoms with van der Waals surface area (Å²) in [7, 11) is 0. The third kappa shape index (κ3) is 3.54. The van der Waals surface area contributed by atoms with Gasteiger partial charge in [0.05, 0.1) is 17.3 Å². The first-order valence-electron chi connectivity index (χ1n) is 15.1. The van der Waals surface area contributed by atoms with E-state index in [2.05, 4.69) is 5.32 Å². The first-order chi connectivity index (χ1) is 21.4. The number of aromatic hydroxyl groups is 1. The van der Waals surface area contributed by atoms with E-state index >= 15 is 4.79 Å². The Bertz CT molecular complexity index is 1960. The van der Waals surface area contributed by atoms with E-state index in [-0.39, 0.29) is 35.6 Å². The second-order valence-electron chi connectivity index (χ2n) is 12.4. The van der Waals surface area contributed by atoms with Crippen LogP contribution in [0, 0.1) is 23.7 Å². The first kappa shape index (κ1) is 26.5. The lowest BCUT2D eigenvalue weighted by Gasteiger charge is -2.55. The third-order valence-electron chi connectivity index (χ3n) is 10.5. The first-order valence-corrected chi connectivity index (χ1v) is 15.1. The van der Waals surface area contributed by atoms with Crippen LogP contribution in [0.2, 0.25) is 0 Å². The molecular weight excluding hydrogens is 550 g/mol. The molecule has 1 heterocycles. The van der Waals surface area contributed by atoms with Crippen molar-refractivity contribution in [3.05, 3.63) is 131 Å². The molecule has 4 aromatic rings. The number of imide groups is 1. The van der Waals surface area contributed by atoms with Crippen LogP contribution in [-0.4, -0.2) is 28.5 Å². The van der Waals surface area contributed by atoms with Gasteiger partial charge >= 0.3 is 0 Å². The third-order valence-corrected chi connectivity index (χ3v) is 10.5. The van der Waals surface area contributed by atoms with Gasteiger partial charge in [0, 0.05) is 22.8 Å². The van der Waals surface area contributed by atoms with Crippen molar-refractivity contribution in [3.8, 4) is 5.75 Å². The van der Waals surface area contributed by atoms with Crippen molar-refractivity contribution < 1.29 is 24.3 Å². The van der Waals surface area contributed by atoms with Gasteiger partial charge in [-0.1, -0.05) is 103 Å². The highest BCUT2D eigenvalue weighted by atomic mass is 16.3. The minimum absolute atomic E-state index is 0.123. The summed E-state index contributed by atoms with van der Waals surface area (Å²) >= 11 is 0. The summed E-state index contributed by atoms with van der Waals surface area (Å²) in [6.45, 7) is 0. The molecule has 1 saturated carbocycles. The molecule has 8 rings (SSSR count). The monoisotopic (exact) mass is 579 g/mol. The fourth-order valence-electron chi connectivity index (χ4n) is 8.69. The van der Waals surface area contributed by atoms with Gasteiger partial charge in [-0.25, -0.2) is 0 Å². The zero-order valence-corrected chi connectivity index (χ0v) is 23.8. The summed E-state index contributed by atoms with van der Waals surface area (Å²) in [5.41, 5.74) is 2.20. The van der Waals surface area contributed by atoms with Crippen LogP contribution in [0.4, 0.5) is 0 Å². The molecule has 2 amide bonds. The van der Waals surface area contributed by atoms with E-state index in [9.17, 15) is 19.5 Å². The highest BCUT2D eigenvalue weighted by molar-refractivity contribution is 6.31. The lowest BCUT2D eigenvalue weighted by atomic mass is 9.44. The van der Waals surface area contributed by atoms with Crippen LogP contribution >= 0.6 is 0 Å². The molecule has 4 aliphatic rings. The molecule has 1 aliphatic heterocycles. The van der Waals surface area contributed by atoms with Crippen molar-refractivity contribution in [2.24, 2.45) is 23.7 Å². The number of ketones is 2. The number of carbonyl (C=O) groups excluding carboxylic acids is 4. The number of amides is 2. The van der Waals surface area contributed by atoms with Gasteiger partial charge in [0.2, 0.25) is 11.8 Å². The van der Waals surface area contributed by atoms with Gasteiger partial charge in [-0.3, -0.25) is 24.5 Å². The molecule has 6 heteroatoms. The molecule has 6 nitrogen and oxygen atoms in total. The van der Waals surface area contributed by atoms with E-state index in [1.807, 2.05) is 97.1 Å². The maximum absolute atomic E-state index is 15.0.